The predicted octanol–water partition coefficient (Wildman–Crippen LogP) is 2.63. The molecule has 4 nitrogen and oxygen atoms in total. The molecule has 1 saturated carbocycles. The zero-order valence-corrected chi connectivity index (χ0v) is 12.5. The van der Waals surface area contributed by atoms with Gasteiger partial charge in [0.1, 0.15) is 12.2 Å². The highest BCUT2D eigenvalue weighted by Gasteiger charge is 2.30. The Hall–Kier alpha value is -0.900. The Bertz CT molecular complexity index is 385. The average Bonchev–Trinajstić information content (AvgIpc) is 2.80. The SMILES string of the molecule is CCCn1ncnc1CC1CC(C(C)C)CCC1N. The zero-order valence-electron chi connectivity index (χ0n) is 12.5. The monoisotopic (exact) mass is 264 g/mol. The summed E-state index contributed by atoms with van der Waals surface area (Å²) in [4.78, 5) is 4.43. The van der Waals surface area contributed by atoms with Crippen LogP contribution in [-0.4, -0.2) is 20.8 Å². The third-order valence-electron chi connectivity index (χ3n) is 4.60. The maximum absolute atomic E-state index is 6.32. The third-order valence-corrected chi connectivity index (χ3v) is 4.60. The van der Waals surface area contributed by atoms with E-state index < -0.39 is 0 Å². The van der Waals surface area contributed by atoms with Crippen LogP contribution in [0.25, 0.3) is 0 Å². The van der Waals surface area contributed by atoms with Gasteiger partial charge in [-0.05, 0) is 43.4 Å². The molecule has 1 aliphatic rings. The predicted molar refractivity (Wildman–Crippen MR) is 77.7 cm³/mol. The molecule has 108 valence electrons. The Morgan fingerprint density at radius 2 is 2.21 bits per heavy atom. The van der Waals surface area contributed by atoms with Crippen molar-refractivity contribution in [3.05, 3.63) is 12.2 Å². The minimum atomic E-state index is 0.335. The lowest BCUT2D eigenvalue weighted by atomic mass is 9.73. The molecular weight excluding hydrogens is 236 g/mol. The van der Waals surface area contributed by atoms with E-state index in [4.69, 9.17) is 5.73 Å². The van der Waals surface area contributed by atoms with Crippen molar-refractivity contribution in [2.45, 2.75) is 65.5 Å². The molecule has 2 N–H and O–H groups in total. The fraction of sp³-hybridized carbons (Fsp3) is 0.867. The van der Waals surface area contributed by atoms with Crippen LogP contribution in [-0.2, 0) is 13.0 Å². The summed E-state index contributed by atoms with van der Waals surface area (Å²) in [5.74, 6) is 3.28. The summed E-state index contributed by atoms with van der Waals surface area (Å²) in [5, 5.41) is 4.32. The van der Waals surface area contributed by atoms with Crippen molar-refractivity contribution < 1.29 is 0 Å². The van der Waals surface area contributed by atoms with Gasteiger partial charge in [0.25, 0.3) is 0 Å². The first-order valence-electron chi connectivity index (χ1n) is 7.74. The number of nitrogens with zero attached hydrogens (tertiary/aromatic N) is 3. The average molecular weight is 264 g/mol. The Morgan fingerprint density at radius 1 is 1.42 bits per heavy atom. The van der Waals surface area contributed by atoms with Crippen molar-refractivity contribution in [3.63, 3.8) is 0 Å². The van der Waals surface area contributed by atoms with Crippen molar-refractivity contribution >= 4 is 0 Å². The van der Waals surface area contributed by atoms with E-state index in [-0.39, 0.29) is 0 Å². The first-order chi connectivity index (χ1) is 9.11. The fourth-order valence-electron chi connectivity index (χ4n) is 3.24. The third kappa shape index (κ3) is 3.56. The second-order valence-electron chi connectivity index (χ2n) is 6.34. The van der Waals surface area contributed by atoms with Gasteiger partial charge in [-0.2, -0.15) is 5.10 Å². The second-order valence-corrected chi connectivity index (χ2v) is 6.34. The quantitative estimate of drug-likeness (QED) is 0.889. The van der Waals surface area contributed by atoms with E-state index >= 15 is 0 Å². The van der Waals surface area contributed by atoms with E-state index in [2.05, 4.69) is 30.9 Å². The van der Waals surface area contributed by atoms with Gasteiger partial charge in [0.05, 0.1) is 0 Å². The van der Waals surface area contributed by atoms with Crippen LogP contribution in [0.3, 0.4) is 0 Å². The number of nitrogens with two attached hydrogens (primary N) is 1. The van der Waals surface area contributed by atoms with E-state index in [1.165, 1.54) is 12.8 Å². The van der Waals surface area contributed by atoms with Gasteiger partial charge in [-0.1, -0.05) is 20.8 Å². The minimum Gasteiger partial charge on any atom is -0.327 e. The minimum absolute atomic E-state index is 0.335. The van der Waals surface area contributed by atoms with Gasteiger partial charge in [-0.15, -0.1) is 0 Å². The Morgan fingerprint density at radius 3 is 2.89 bits per heavy atom. The van der Waals surface area contributed by atoms with Gasteiger partial charge in [0.15, 0.2) is 0 Å². The van der Waals surface area contributed by atoms with Crippen molar-refractivity contribution in [1.82, 2.24) is 14.8 Å². The molecule has 1 aromatic rings. The summed E-state index contributed by atoms with van der Waals surface area (Å²) >= 11 is 0. The molecule has 0 aromatic carbocycles. The van der Waals surface area contributed by atoms with E-state index in [9.17, 15) is 0 Å². The van der Waals surface area contributed by atoms with Crippen molar-refractivity contribution in [2.24, 2.45) is 23.5 Å². The molecule has 0 aliphatic heterocycles. The molecule has 0 spiro atoms. The van der Waals surface area contributed by atoms with Crippen LogP contribution in [0.4, 0.5) is 0 Å². The molecule has 3 unspecified atom stereocenters. The molecule has 0 radical (unpaired) electrons. The van der Waals surface area contributed by atoms with Crippen LogP contribution < -0.4 is 5.73 Å². The van der Waals surface area contributed by atoms with Crippen LogP contribution >= 0.6 is 0 Å². The van der Waals surface area contributed by atoms with Gasteiger partial charge < -0.3 is 5.73 Å². The van der Waals surface area contributed by atoms with Gasteiger partial charge in [0.2, 0.25) is 0 Å². The zero-order chi connectivity index (χ0) is 13.8. The molecule has 19 heavy (non-hydrogen) atoms. The van der Waals surface area contributed by atoms with Crippen LogP contribution in [0, 0.1) is 17.8 Å². The van der Waals surface area contributed by atoms with Crippen molar-refractivity contribution in [1.29, 1.82) is 0 Å². The Balaban J connectivity index is 2.01. The molecule has 1 fully saturated rings. The number of rotatable bonds is 5. The van der Waals surface area contributed by atoms with Gasteiger partial charge in [0, 0.05) is 19.0 Å². The molecule has 2 rings (SSSR count). The van der Waals surface area contributed by atoms with Crippen LogP contribution in [0.1, 0.15) is 52.3 Å². The maximum atomic E-state index is 6.32. The summed E-state index contributed by atoms with van der Waals surface area (Å²) in [7, 11) is 0. The normalized spacial score (nSPS) is 27.9. The molecule has 1 heterocycles. The largest absolute Gasteiger partial charge is 0.327 e. The highest BCUT2D eigenvalue weighted by molar-refractivity contribution is 4.93. The fourth-order valence-corrected chi connectivity index (χ4v) is 3.24. The van der Waals surface area contributed by atoms with Gasteiger partial charge in [-0.3, -0.25) is 4.68 Å². The van der Waals surface area contributed by atoms with Crippen LogP contribution in [0.2, 0.25) is 0 Å². The summed E-state index contributed by atoms with van der Waals surface area (Å²) < 4.78 is 2.05. The van der Waals surface area contributed by atoms with E-state index in [0.717, 1.165) is 43.5 Å². The first kappa shape index (κ1) is 14.5. The topological polar surface area (TPSA) is 56.7 Å². The van der Waals surface area contributed by atoms with Crippen LogP contribution in [0.15, 0.2) is 6.33 Å². The van der Waals surface area contributed by atoms with E-state index in [1.54, 1.807) is 6.33 Å². The Labute approximate surface area is 116 Å². The second kappa shape index (κ2) is 6.51. The molecule has 0 bridgehead atoms. The first-order valence-corrected chi connectivity index (χ1v) is 7.74. The molecule has 3 atom stereocenters. The van der Waals surface area contributed by atoms with Gasteiger partial charge in [-0.25, -0.2) is 4.98 Å². The molecule has 0 saturated heterocycles. The summed E-state index contributed by atoms with van der Waals surface area (Å²) in [6.07, 6.45) is 7.47. The maximum Gasteiger partial charge on any atom is 0.138 e. The lowest BCUT2D eigenvalue weighted by molar-refractivity contribution is 0.186. The highest BCUT2D eigenvalue weighted by atomic mass is 15.3. The highest BCUT2D eigenvalue weighted by Crippen LogP contribution is 2.34. The number of hydrogen-bond donors (Lipinski definition) is 1. The molecule has 4 heteroatoms. The molecule has 1 aliphatic carbocycles. The molecule has 1 aromatic heterocycles. The lowest BCUT2D eigenvalue weighted by Gasteiger charge is -2.36. The standard InChI is InChI=1S/C15H28N4/c1-4-7-19-15(17-10-18-19)9-13-8-12(11(2)3)5-6-14(13)16/h10-14H,4-9,16H2,1-3H3. The summed E-state index contributed by atoms with van der Waals surface area (Å²) in [6, 6.07) is 0.335. The number of aromatic nitrogens is 3. The molecular formula is C15H28N4. The van der Waals surface area contributed by atoms with Crippen molar-refractivity contribution in [2.75, 3.05) is 0 Å². The van der Waals surface area contributed by atoms with E-state index in [0.29, 0.717) is 12.0 Å². The summed E-state index contributed by atoms with van der Waals surface area (Å²) in [6.45, 7) is 7.80. The number of aryl methyl sites for hydroxylation is 1. The number of hydrogen-bond acceptors (Lipinski definition) is 3. The Kier molecular flexibility index (Phi) is 4.97. The van der Waals surface area contributed by atoms with Gasteiger partial charge >= 0.3 is 0 Å². The van der Waals surface area contributed by atoms with Crippen LogP contribution in [0.5, 0.6) is 0 Å². The van der Waals surface area contributed by atoms with E-state index in [1.807, 2.05) is 4.68 Å². The lowest BCUT2D eigenvalue weighted by Crippen LogP contribution is -2.39. The smallest absolute Gasteiger partial charge is 0.138 e. The van der Waals surface area contributed by atoms with Crippen molar-refractivity contribution in [3.8, 4) is 0 Å². The molecule has 0 amide bonds. The summed E-state index contributed by atoms with van der Waals surface area (Å²) in [5.41, 5.74) is 6.32.